The van der Waals surface area contributed by atoms with E-state index in [1.54, 1.807) is 38.1 Å². The van der Waals surface area contributed by atoms with Crippen molar-refractivity contribution in [3.63, 3.8) is 0 Å². The molecule has 32 heavy (non-hydrogen) atoms. The molecule has 0 radical (unpaired) electrons. The van der Waals surface area contributed by atoms with Crippen molar-refractivity contribution in [3.8, 4) is 0 Å². The first-order valence-electron chi connectivity index (χ1n) is 10.1. The molecule has 3 rings (SSSR count). The number of nitrogens with zero attached hydrogens (tertiary/aromatic N) is 4. The number of rotatable bonds is 6. The van der Waals surface area contributed by atoms with Crippen molar-refractivity contribution >= 4 is 23.4 Å². The molecule has 0 bridgehead atoms. The number of ketones is 1. The Labute approximate surface area is 186 Å². The number of benzene rings is 1. The number of likely N-dealkylation sites (tertiary alicyclic amines) is 1. The molecular formula is C23H26N4O5. The summed E-state index contributed by atoms with van der Waals surface area (Å²) < 4.78 is 4.74. The van der Waals surface area contributed by atoms with Gasteiger partial charge in [-0.05, 0) is 45.6 Å². The second-order valence-corrected chi connectivity index (χ2v) is 7.83. The Morgan fingerprint density at radius 3 is 2.41 bits per heavy atom. The summed E-state index contributed by atoms with van der Waals surface area (Å²) in [5, 5.41) is 11.1. The van der Waals surface area contributed by atoms with Crippen LogP contribution >= 0.6 is 0 Å². The van der Waals surface area contributed by atoms with Crippen LogP contribution in [0, 0.1) is 13.8 Å². The monoisotopic (exact) mass is 438 g/mol. The van der Waals surface area contributed by atoms with Crippen LogP contribution in [-0.4, -0.2) is 76.8 Å². The molecule has 1 unspecified atom stereocenters. The van der Waals surface area contributed by atoms with E-state index in [-0.39, 0.29) is 23.4 Å². The molecule has 1 aromatic carbocycles. The van der Waals surface area contributed by atoms with Gasteiger partial charge in [-0.1, -0.05) is 12.1 Å². The Hall–Kier alpha value is -3.59. The van der Waals surface area contributed by atoms with E-state index < -0.39 is 23.7 Å². The lowest BCUT2D eigenvalue weighted by molar-refractivity contribution is -0.140. The minimum Gasteiger partial charge on any atom is -0.507 e. The molecule has 9 nitrogen and oxygen atoms in total. The molecule has 1 amide bonds. The highest BCUT2D eigenvalue weighted by Gasteiger charge is 2.46. The van der Waals surface area contributed by atoms with E-state index in [0.717, 1.165) is 0 Å². The van der Waals surface area contributed by atoms with Crippen LogP contribution in [0.25, 0.3) is 5.76 Å². The number of amides is 1. The van der Waals surface area contributed by atoms with Crippen LogP contribution in [0.3, 0.4) is 0 Å². The molecule has 9 heteroatoms. The highest BCUT2D eigenvalue weighted by molar-refractivity contribution is 6.46. The van der Waals surface area contributed by atoms with Gasteiger partial charge < -0.3 is 19.6 Å². The van der Waals surface area contributed by atoms with Crippen molar-refractivity contribution in [2.24, 2.45) is 0 Å². The second kappa shape index (κ2) is 9.27. The molecule has 0 saturated carbocycles. The first-order chi connectivity index (χ1) is 15.1. The summed E-state index contributed by atoms with van der Waals surface area (Å²) in [6.07, 6.45) is 1.44. The number of ether oxygens (including phenoxy) is 1. The lowest BCUT2D eigenvalue weighted by Gasteiger charge is -2.26. The first kappa shape index (κ1) is 23.1. The van der Waals surface area contributed by atoms with E-state index in [4.69, 9.17) is 4.74 Å². The van der Waals surface area contributed by atoms with E-state index in [9.17, 15) is 19.5 Å². The number of Topliss-reactive ketones (excluding diaryl/α,β-unsaturated/α-hetero) is 1. The molecule has 1 aromatic heterocycles. The number of esters is 1. The van der Waals surface area contributed by atoms with Crippen molar-refractivity contribution in [2.45, 2.75) is 19.9 Å². The molecule has 168 valence electrons. The highest BCUT2D eigenvalue weighted by atomic mass is 16.5. The maximum absolute atomic E-state index is 13.0. The normalized spacial score (nSPS) is 17.8. The Kier molecular flexibility index (Phi) is 6.69. The van der Waals surface area contributed by atoms with Crippen LogP contribution in [0.15, 0.2) is 36.0 Å². The molecule has 1 aliphatic heterocycles. The van der Waals surface area contributed by atoms with Gasteiger partial charge in [0.1, 0.15) is 11.6 Å². The van der Waals surface area contributed by atoms with Crippen LogP contribution < -0.4 is 0 Å². The molecule has 1 N–H and O–H groups in total. The van der Waals surface area contributed by atoms with Gasteiger partial charge in [-0.25, -0.2) is 14.8 Å². The number of carbonyl (C=O) groups is 3. The topological polar surface area (TPSA) is 113 Å². The summed E-state index contributed by atoms with van der Waals surface area (Å²) in [5.41, 5.74) is 1.67. The number of aryl methyl sites for hydroxylation is 2. The molecule has 1 saturated heterocycles. The number of hydrogen-bond donors (Lipinski definition) is 1. The first-order valence-corrected chi connectivity index (χ1v) is 10.1. The van der Waals surface area contributed by atoms with Gasteiger partial charge in [-0.3, -0.25) is 9.59 Å². The zero-order valence-electron chi connectivity index (χ0n) is 18.7. The number of methoxy groups -OCH3 is 1. The van der Waals surface area contributed by atoms with Crippen LogP contribution in [0.5, 0.6) is 0 Å². The van der Waals surface area contributed by atoms with Crippen molar-refractivity contribution in [1.82, 2.24) is 19.8 Å². The standard InChI is InChI=1S/C23H26N4O5/c1-13-17(12-24-14(2)25-13)20(28)18-19(15-6-8-16(9-7-15)23(31)32-5)27(11-10-26(3)4)22(30)21(18)29/h6-9,12,19,28H,10-11H2,1-5H3/b20-18+. The van der Waals surface area contributed by atoms with Crippen molar-refractivity contribution in [3.05, 3.63) is 64.2 Å². The minimum atomic E-state index is -0.817. The van der Waals surface area contributed by atoms with Gasteiger partial charge in [0.25, 0.3) is 11.7 Å². The molecule has 1 aliphatic rings. The van der Waals surface area contributed by atoms with Gasteiger partial charge in [0, 0.05) is 19.3 Å². The number of hydrogen-bond acceptors (Lipinski definition) is 8. The zero-order valence-corrected chi connectivity index (χ0v) is 18.7. The fourth-order valence-electron chi connectivity index (χ4n) is 3.65. The molecule has 2 heterocycles. The van der Waals surface area contributed by atoms with Gasteiger partial charge in [0.2, 0.25) is 0 Å². The zero-order chi connectivity index (χ0) is 23.6. The number of aliphatic hydroxyl groups is 1. The molecule has 0 aliphatic carbocycles. The van der Waals surface area contributed by atoms with E-state index in [2.05, 4.69) is 9.97 Å². The lowest BCUT2D eigenvalue weighted by atomic mass is 9.94. The van der Waals surface area contributed by atoms with Crippen LogP contribution in [0.2, 0.25) is 0 Å². The summed E-state index contributed by atoms with van der Waals surface area (Å²) in [6, 6.07) is 5.61. The SMILES string of the molecule is COC(=O)c1ccc(C2/C(=C(\O)c3cnc(C)nc3C)C(=O)C(=O)N2CCN(C)C)cc1. The Bertz CT molecular complexity index is 1090. The predicted octanol–water partition coefficient (Wildman–Crippen LogP) is 1.86. The molecule has 0 spiro atoms. The van der Waals surface area contributed by atoms with Gasteiger partial charge in [0.15, 0.2) is 0 Å². The van der Waals surface area contributed by atoms with Crippen molar-refractivity contribution < 1.29 is 24.2 Å². The van der Waals surface area contributed by atoms with Crippen molar-refractivity contribution in [2.75, 3.05) is 34.3 Å². The quantitative estimate of drug-likeness (QED) is 0.315. The Morgan fingerprint density at radius 1 is 1.19 bits per heavy atom. The molecule has 1 atom stereocenters. The number of aromatic nitrogens is 2. The van der Waals surface area contributed by atoms with Crippen LogP contribution in [0.1, 0.15) is 39.0 Å². The van der Waals surface area contributed by atoms with Gasteiger partial charge in [-0.15, -0.1) is 0 Å². The molecule has 1 fully saturated rings. The third-order valence-corrected chi connectivity index (χ3v) is 5.33. The second-order valence-electron chi connectivity index (χ2n) is 7.83. The van der Waals surface area contributed by atoms with E-state index >= 15 is 0 Å². The minimum absolute atomic E-state index is 0.0323. The summed E-state index contributed by atoms with van der Waals surface area (Å²) in [5.74, 6) is -1.76. The fourth-order valence-corrected chi connectivity index (χ4v) is 3.65. The third kappa shape index (κ3) is 4.38. The van der Waals surface area contributed by atoms with Gasteiger partial charge in [0.05, 0.1) is 35.5 Å². The smallest absolute Gasteiger partial charge is 0.337 e. The van der Waals surface area contributed by atoms with Gasteiger partial charge in [-0.2, -0.15) is 0 Å². The predicted molar refractivity (Wildman–Crippen MR) is 117 cm³/mol. The average molecular weight is 438 g/mol. The van der Waals surface area contributed by atoms with Gasteiger partial charge >= 0.3 is 5.97 Å². The molecular weight excluding hydrogens is 412 g/mol. The van der Waals surface area contributed by atoms with Crippen LogP contribution in [0.4, 0.5) is 0 Å². The summed E-state index contributed by atoms with van der Waals surface area (Å²) in [7, 11) is 5.02. The van der Waals surface area contributed by atoms with E-state index in [1.807, 2.05) is 19.0 Å². The van der Waals surface area contributed by atoms with E-state index in [0.29, 0.717) is 29.2 Å². The summed E-state index contributed by atoms with van der Waals surface area (Å²) in [4.78, 5) is 49.4. The third-order valence-electron chi connectivity index (χ3n) is 5.33. The van der Waals surface area contributed by atoms with E-state index in [1.165, 1.54) is 18.2 Å². The summed E-state index contributed by atoms with van der Waals surface area (Å²) >= 11 is 0. The number of carbonyl (C=O) groups excluding carboxylic acids is 3. The summed E-state index contributed by atoms with van der Waals surface area (Å²) in [6.45, 7) is 4.23. The van der Waals surface area contributed by atoms with Crippen LogP contribution in [-0.2, 0) is 14.3 Å². The Morgan fingerprint density at radius 2 is 1.84 bits per heavy atom. The number of aliphatic hydroxyl groups excluding tert-OH is 1. The molecule has 2 aromatic rings. The fraction of sp³-hybridized carbons (Fsp3) is 0.348. The lowest BCUT2D eigenvalue weighted by Crippen LogP contribution is -2.35. The highest BCUT2D eigenvalue weighted by Crippen LogP contribution is 2.39. The average Bonchev–Trinajstić information content (AvgIpc) is 3.01. The number of likely N-dealkylation sites (N-methyl/N-ethyl adjacent to an activating group) is 1. The maximum atomic E-state index is 13.0. The maximum Gasteiger partial charge on any atom is 0.337 e. The van der Waals surface area contributed by atoms with Crippen molar-refractivity contribution in [1.29, 1.82) is 0 Å². The largest absolute Gasteiger partial charge is 0.507 e. The Balaban J connectivity index is 2.16.